The zero-order valence-electron chi connectivity index (χ0n) is 9.71. The van der Waals surface area contributed by atoms with E-state index in [2.05, 4.69) is 32.6 Å². The van der Waals surface area contributed by atoms with Gasteiger partial charge in [-0.3, -0.25) is 0 Å². The van der Waals surface area contributed by atoms with E-state index in [0.29, 0.717) is 0 Å². The summed E-state index contributed by atoms with van der Waals surface area (Å²) in [6.45, 7) is 12.0. The highest BCUT2D eigenvalue weighted by atomic mass is 15.1. The molecule has 0 aromatic heterocycles. The van der Waals surface area contributed by atoms with Crippen molar-refractivity contribution in [2.45, 2.75) is 53.0 Å². The second-order valence-corrected chi connectivity index (χ2v) is 5.09. The normalized spacial score (nSPS) is 26.8. The molecule has 1 heteroatoms. The van der Waals surface area contributed by atoms with Crippen LogP contribution in [0.4, 0.5) is 0 Å². The first-order chi connectivity index (χ1) is 6.11. The van der Waals surface area contributed by atoms with Crippen LogP contribution >= 0.6 is 0 Å². The minimum atomic E-state index is 0.736. The molecule has 1 unspecified atom stereocenters. The molecule has 0 radical (unpaired) electrons. The Morgan fingerprint density at radius 1 is 1.08 bits per heavy atom. The summed E-state index contributed by atoms with van der Waals surface area (Å²) in [5.41, 5.74) is 0. The molecule has 1 fully saturated rings. The van der Waals surface area contributed by atoms with Crippen LogP contribution in [0.1, 0.15) is 47.0 Å². The molecule has 0 N–H and O–H groups in total. The van der Waals surface area contributed by atoms with E-state index in [1.165, 1.54) is 32.4 Å². The number of hydrogen-bond acceptors (Lipinski definition) is 1. The van der Waals surface area contributed by atoms with Crippen LogP contribution in [-0.2, 0) is 0 Å². The lowest BCUT2D eigenvalue weighted by molar-refractivity contribution is 0.181. The van der Waals surface area contributed by atoms with Gasteiger partial charge in [0.1, 0.15) is 0 Å². The van der Waals surface area contributed by atoms with Crippen molar-refractivity contribution in [3.8, 4) is 0 Å². The van der Waals surface area contributed by atoms with Crippen molar-refractivity contribution in [1.82, 2.24) is 4.90 Å². The summed E-state index contributed by atoms with van der Waals surface area (Å²) in [4.78, 5) is 2.65. The minimum absolute atomic E-state index is 0.736. The van der Waals surface area contributed by atoms with Gasteiger partial charge in [-0.25, -0.2) is 0 Å². The first-order valence-electron chi connectivity index (χ1n) is 5.85. The summed E-state index contributed by atoms with van der Waals surface area (Å²) >= 11 is 0. The van der Waals surface area contributed by atoms with Gasteiger partial charge < -0.3 is 4.90 Å². The predicted octanol–water partition coefficient (Wildman–Crippen LogP) is 3.15. The minimum Gasteiger partial charge on any atom is -0.301 e. The van der Waals surface area contributed by atoms with Gasteiger partial charge in [0.25, 0.3) is 0 Å². The second-order valence-electron chi connectivity index (χ2n) is 5.09. The fourth-order valence-corrected chi connectivity index (χ4v) is 2.22. The van der Waals surface area contributed by atoms with E-state index in [4.69, 9.17) is 0 Å². The highest BCUT2D eigenvalue weighted by molar-refractivity contribution is 4.75. The van der Waals surface area contributed by atoms with E-state index in [1.54, 1.807) is 0 Å². The van der Waals surface area contributed by atoms with Crippen molar-refractivity contribution in [3.63, 3.8) is 0 Å². The Kier molecular flexibility index (Phi) is 4.24. The van der Waals surface area contributed by atoms with Gasteiger partial charge in [0, 0.05) is 12.6 Å². The van der Waals surface area contributed by atoms with E-state index in [0.717, 1.165) is 17.9 Å². The van der Waals surface area contributed by atoms with Crippen LogP contribution in [0, 0.1) is 11.8 Å². The molecule has 0 aromatic rings. The average molecular weight is 183 g/mol. The van der Waals surface area contributed by atoms with Crippen molar-refractivity contribution < 1.29 is 0 Å². The van der Waals surface area contributed by atoms with Crippen molar-refractivity contribution in [3.05, 3.63) is 0 Å². The van der Waals surface area contributed by atoms with Gasteiger partial charge in [-0.1, -0.05) is 20.3 Å². The number of hydrogen-bond donors (Lipinski definition) is 0. The standard InChI is InChI=1S/C12H25N/c1-10(2)12-7-5-6-8-13(9-12)11(3)4/h10-12H,5-9H2,1-4H3. The molecule has 1 aliphatic heterocycles. The molecule has 1 nitrogen and oxygen atoms in total. The van der Waals surface area contributed by atoms with E-state index in [1.807, 2.05) is 0 Å². The third-order valence-electron chi connectivity index (χ3n) is 3.41. The summed E-state index contributed by atoms with van der Waals surface area (Å²) in [5, 5.41) is 0. The summed E-state index contributed by atoms with van der Waals surface area (Å²) in [6, 6.07) is 0.736. The highest BCUT2D eigenvalue weighted by Gasteiger charge is 2.21. The van der Waals surface area contributed by atoms with Crippen LogP contribution in [0.15, 0.2) is 0 Å². The summed E-state index contributed by atoms with van der Waals surface area (Å²) in [6.07, 6.45) is 4.29. The van der Waals surface area contributed by atoms with Gasteiger partial charge in [0.15, 0.2) is 0 Å². The maximum absolute atomic E-state index is 2.65. The van der Waals surface area contributed by atoms with Crippen LogP contribution < -0.4 is 0 Å². The van der Waals surface area contributed by atoms with Crippen molar-refractivity contribution in [2.24, 2.45) is 11.8 Å². The van der Waals surface area contributed by atoms with Gasteiger partial charge in [-0.05, 0) is 45.1 Å². The summed E-state index contributed by atoms with van der Waals surface area (Å²) in [7, 11) is 0. The van der Waals surface area contributed by atoms with Crippen LogP contribution in [0.5, 0.6) is 0 Å². The third-order valence-corrected chi connectivity index (χ3v) is 3.41. The first kappa shape index (κ1) is 11.0. The largest absolute Gasteiger partial charge is 0.301 e. The van der Waals surface area contributed by atoms with Crippen LogP contribution in [-0.4, -0.2) is 24.0 Å². The molecule has 0 aliphatic carbocycles. The molecule has 0 bridgehead atoms. The quantitative estimate of drug-likeness (QED) is 0.635. The Morgan fingerprint density at radius 3 is 2.31 bits per heavy atom. The molecule has 0 amide bonds. The predicted molar refractivity (Wildman–Crippen MR) is 58.9 cm³/mol. The third kappa shape index (κ3) is 3.30. The van der Waals surface area contributed by atoms with E-state index >= 15 is 0 Å². The topological polar surface area (TPSA) is 3.24 Å². The van der Waals surface area contributed by atoms with Crippen molar-refractivity contribution in [2.75, 3.05) is 13.1 Å². The van der Waals surface area contributed by atoms with E-state index in [9.17, 15) is 0 Å². The number of rotatable bonds is 2. The Bertz CT molecular complexity index is 124. The first-order valence-corrected chi connectivity index (χ1v) is 5.85. The number of likely N-dealkylation sites (tertiary alicyclic amines) is 1. The smallest absolute Gasteiger partial charge is 0.00387 e. The molecule has 0 saturated carbocycles. The van der Waals surface area contributed by atoms with Gasteiger partial charge >= 0.3 is 0 Å². The zero-order chi connectivity index (χ0) is 9.84. The molecule has 1 saturated heterocycles. The number of nitrogens with zero attached hydrogens (tertiary/aromatic N) is 1. The highest BCUT2D eigenvalue weighted by Crippen LogP contribution is 2.24. The Balaban J connectivity index is 2.49. The lowest BCUT2D eigenvalue weighted by atomic mass is 9.91. The molecule has 78 valence electrons. The van der Waals surface area contributed by atoms with Crippen molar-refractivity contribution in [1.29, 1.82) is 0 Å². The summed E-state index contributed by atoms with van der Waals surface area (Å²) in [5.74, 6) is 1.80. The molecular formula is C12H25N. The van der Waals surface area contributed by atoms with Gasteiger partial charge in [-0.15, -0.1) is 0 Å². The Hall–Kier alpha value is -0.0400. The molecule has 1 aliphatic rings. The molecule has 13 heavy (non-hydrogen) atoms. The van der Waals surface area contributed by atoms with Crippen LogP contribution in [0.25, 0.3) is 0 Å². The zero-order valence-corrected chi connectivity index (χ0v) is 9.71. The van der Waals surface area contributed by atoms with Crippen LogP contribution in [0.3, 0.4) is 0 Å². The SMILES string of the molecule is CC(C)C1CCCCN(C(C)C)C1. The second kappa shape index (κ2) is 4.99. The molecule has 1 atom stereocenters. The van der Waals surface area contributed by atoms with Crippen molar-refractivity contribution >= 4 is 0 Å². The van der Waals surface area contributed by atoms with Gasteiger partial charge in [0.2, 0.25) is 0 Å². The molecule has 1 heterocycles. The van der Waals surface area contributed by atoms with Crippen LogP contribution in [0.2, 0.25) is 0 Å². The van der Waals surface area contributed by atoms with Gasteiger partial charge in [-0.2, -0.15) is 0 Å². The fourth-order valence-electron chi connectivity index (χ4n) is 2.22. The molecule has 0 spiro atoms. The van der Waals surface area contributed by atoms with E-state index < -0.39 is 0 Å². The lowest BCUT2D eigenvalue weighted by Gasteiger charge is -2.29. The maximum Gasteiger partial charge on any atom is 0.00387 e. The van der Waals surface area contributed by atoms with E-state index in [-0.39, 0.29) is 0 Å². The van der Waals surface area contributed by atoms with Gasteiger partial charge in [0.05, 0.1) is 0 Å². The fraction of sp³-hybridized carbons (Fsp3) is 1.00. The Morgan fingerprint density at radius 2 is 1.77 bits per heavy atom. The molecule has 1 rings (SSSR count). The Labute approximate surface area is 83.5 Å². The average Bonchev–Trinajstić information content (AvgIpc) is 2.28. The monoisotopic (exact) mass is 183 g/mol. The molecular weight excluding hydrogens is 158 g/mol. The maximum atomic E-state index is 2.65. The molecule has 0 aromatic carbocycles. The summed E-state index contributed by atoms with van der Waals surface area (Å²) < 4.78 is 0. The lowest BCUT2D eigenvalue weighted by Crippen LogP contribution is -2.35.